The Balaban J connectivity index is 2.45. The Kier molecular flexibility index (Phi) is 3.38. The second-order valence-corrected chi connectivity index (χ2v) is 4.34. The standard InChI is InChI=1S/C11H13BFNO4/c1-5(10(14)11(15)16)6-2-3-8(13)9-7(6)4-18-12(9)17/h2-3,5,10,17H,4,14H2,1H3,(H,15,16)/t5-,10-/m0/s1. The van der Waals surface area contributed by atoms with E-state index in [1.165, 1.54) is 12.1 Å². The first-order valence-electron chi connectivity index (χ1n) is 5.52. The monoisotopic (exact) mass is 253 g/mol. The number of hydrogen-bond acceptors (Lipinski definition) is 4. The van der Waals surface area contributed by atoms with E-state index in [0.29, 0.717) is 11.1 Å². The zero-order valence-electron chi connectivity index (χ0n) is 9.76. The Labute approximate surface area is 104 Å². The number of nitrogens with two attached hydrogens (primary N) is 1. The lowest BCUT2D eigenvalue weighted by Crippen LogP contribution is -2.37. The Bertz CT molecular complexity index is 496. The smallest absolute Gasteiger partial charge is 0.480 e. The first-order valence-corrected chi connectivity index (χ1v) is 5.52. The quantitative estimate of drug-likeness (QED) is 0.635. The normalized spacial score (nSPS) is 17.4. The number of aliphatic carboxylic acids is 1. The van der Waals surface area contributed by atoms with Crippen LogP contribution >= 0.6 is 0 Å². The number of hydrogen-bond donors (Lipinski definition) is 3. The van der Waals surface area contributed by atoms with Gasteiger partial charge in [0.05, 0.1) is 6.61 Å². The number of carboxylic acid groups (broad SMARTS) is 1. The van der Waals surface area contributed by atoms with Crippen LogP contribution in [0.4, 0.5) is 4.39 Å². The minimum atomic E-state index is -1.30. The molecule has 0 fully saturated rings. The van der Waals surface area contributed by atoms with Crippen molar-refractivity contribution in [2.24, 2.45) is 5.73 Å². The number of rotatable bonds is 3. The summed E-state index contributed by atoms with van der Waals surface area (Å²) >= 11 is 0. The highest BCUT2D eigenvalue weighted by atomic mass is 19.1. The first kappa shape index (κ1) is 13.0. The lowest BCUT2D eigenvalue weighted by Gasteiger charge is -2.19. The third-order valence-electron chi connectivity index (χ3n) is 3.29. The summed E-state index contributed by atoms with van der Waals surface area (Å²) in [6.45, 7) is 1.71. The van der Waals surface area contributed by atoms with E-state index in [1.807, 2.05) is 0 Å². The molecule has 1 aliphatic heterocycles. The van der Waals surface area contributed by atoms with Gasteiger partial charge in [-0.05, 0) is 17.2 Å². The second kappa shape index (κ2) is 4.68. The van der Waals surface area contributed by atoms with Crippen LogP contribution in [0.5, 0.6) is 0 Å². The van der Waals surface area contributed by atoms with Gasteiger partial charge in [0.25, 0.3) is 0 Å². The highest BCUT2D eigenvalue weighted by Gasteiger charge is 2.35. The average molecular weight is 253 g/mol. The fraction of sp³-hybridized carbons (Fsp3) is 0.364. The van der Waals surface area contributed by atoms with Crippen molar-refractivity contribution in [1.29, 1.82) is 0 Å². The van der Waals surface area contributed by atoms with E-state index >= 15 is 0 Å². The van der Waals surface area contributed by atoms with E-state index in [2.05, 4.69) is 0 Å². The predicted octanol–water partition coefficient (Wildman–Crippen LogP) is -0.441. The molecule has 2 atom stereocenters. The van der Waals surface area contributed by atoms with Crippen molar-refractivity contribution in [1.82, 2.24) is 0 Å². The van der Waals surface area contributed by atoms with Crippen LogP contribution in [-0.4, -0.2) is 29.3 Å². The van der Waals surface area contributed by atoms with E-state index in [9.17, 15) is 14.2 Å². The van der Waals surface area contributed by atoms with Crippen molar-refractivity contribution < 1.29 is 24.0 Å². The third-order valence-corrected chi connectivity index (χ3v) is 3.29. The van der Waals surface area contributed by atoms with Crippen molar-refractivity contribution in [3.63, 3.8) is 0 Å². The van der Waals surface area contributed by atoms with Gasteiger partial charge in [-0.15, -0.1) is 0 Å². The Morgan fingerprint density at radius 2 is 2.28 bits per heavy atom. The molecule has 0 aromatic heterocycles. The summed E-state index contributed by atoms with van der Waals surface area (Å²) in [6, 6.07) is 1.59. The molecule has 18 heavy (non-hydrogen) atoms. The molecule has 5 nitrogen and oxygen atoms in total. The average Bonchev–Trinajstić information content (AvgIpc) is 2.71. The molecular formula is C11H13BFNO4. The molecule has 0 saturated carbocycles. The highest BCUT2D eigenvalue weighted by molar-refractivity contribution is 6.61. The Morgan fingerprint density at radius 1 is 1.61 bits per heavy atom. The van der Waals surface area contributed by atoms with E-state index in [0.717, 1.165) is 0 Å². The second-order valence-electron chi connectivity index (χ2n) is 4.34. The van der Waals surface area contributed by atoms with Crippen LogP contribution in [0, 0.1) is 5.82 Å². The fourth-order valence-electron chi connectivity index (χ4n) is 2.16. The van der Waals surface area contributed by atoms with Gasteiger partial charge in [0, 0.05) is 11.4 Å². The summed E-state index contributed by atoms with van der Waals surface area (Å²) in [5.74, 6) is -2.18. The van der Waals surface area contributed by atoms with Crippen molar-refractivity contribution >= 4 is 18.6 Å². The van der Waals surface area contributed by atoms with Crippen LogP contribution in [-0.2, 0) is 16.1 Å². The van der Waals surface area contributed by atoms with Gasteiger partial charge >= 0.3 is 13.1 Å². The van der Waals surface area contributed by atoms with Gasteiger partial charge in [0.15, 0.2) is 0 Å². The van der Waals surface area contributed by atoms with Crippen molar-refractivity contribution in [2.75, 3.05) is 0 Å². The van der Waals surface area contributed by atoms with Gasteiger partial charge in [0.2, 0.25) is 0 Å². The molecule has 0 amide bonds. The topological polar surface area (TPSA) is 92.8 Å². The van der Waals surface area contributed by atoms with Crippen LogP contribution in [0.15, 0.2) is 12.1 Å². The molecule has 0 spiro atoms. The fourth-order valence-corrected chi connectivity index (χ4v) is 2.16. The van der Waals surface area contributed by atoms with Gasteiger partial charge in [-0.1, -0.05) is 13.0 Å². The molecule has 1 aliphatic rings. The van der Waals surface area contributed by atoms with Gasteiger partial charge in [-0.25, -0.2) is 4.39 Å². The Hall–Kier alpha value is -1.44. The van der Waals surface area contributed by atoms with Crippen molar-refractivity contribution in [2.45, 2.75) is 25.5 Å². The maximum absolute atomic E-state index is 13.6. The van der Waals surface area contributed by atoms with Gasteiger partial charge < -0.3 is 20.5 Å². The summed E-state index contributed by atoms with van der Waals surface area (Å²) in [5, 5.41) is 18.4. The lowest BCUT2D eigenvalue weighted by atomic mass is 9.76. The molecule has 0 radical (unpaired) electrons. The molecule has 1 aromatic carbocycles. The molecule has 4 N–H and O–H groups in total. The molecule has 0 aliphatic carbocycles. The maximum atomic E-state index is 13.6. The number of benzene rings is 1. The van der Waals surface area contributed by atoms with Gasteiger partial charge in [-0.2, -0.15) is 0 Å². The molecule has 1 heterocycles. The van der Waals surface area contributed by atoms with Gasteiger partial charge in [0.1, 0.15) is 11.9 Å². The molecular weight excluding hydrogens is 240 g/mol. The number of halogens is 1. The van der Waals surface area contributed by atoms with E-state index in [1.54, 1.807) is 6.92 Å². The third kappa shape index (κ3) is 2.00. The minimum absolute atomic E-state index is 0.0558. The summed E-state index contributed by atoms with van der Waals surface area (Å²) in [4.78, 5) is 10.9. The van der Waals surface area contributed by atoms with E-state index < -0.39 is 30.9 Å². The molecule has 0 bridgehead atoms. The van der Waals surface area contributed by atoms with Crippen LogP contribution in [0.1, 0.15) is 24.0 Å². The first-order chi connectivity index (χ1) is 8.43. The molecule has 0 unspecified atom stereocenters. The largest absolute Gasteiger partial charge is 0.494 e. The summed E-state index contributed by atoms with van der Waals surface area (Å²) in [6.07, 6.45) is 0. The molecule has 7 heteroatoms. The molecule has 2 rings (SSSR count). The maximum Gasteiger partial charge on any atom is 0.494 e. The lowest BCUT2D eigenvalue weighted by molar-refractivity contribution is -0.139. The molecule has 96 valence electrons. The predicted molar refractivity (Wildman–Crippen MR) is 62.8 cm³/mol. The van der Waals surface area contributed by atoms with Crippen LogP contribution < -0.4 is 11.2 Å². The zero-order valence-corrected chi connectivity index (χ0v) is 9.76. The Morgan fingerprint density at radius 3 is 2.89 bits per heavy atom. The zero-order chi connectivity index (χ0) is 13.4. The summed E-state index contributed by atoms with van der Waals surface area (Å²) < 4.78 is 18.5. The van der Waals surface area contributed by atoms with E-state index in [-0.39, 0.29) is 12.1 Å². The van der Waals surface area contributed by atoms with E-state index in [4.69, 9.17) is 15.5 Å². The molecule has 0 saturated heterocycles. The van der Waals surface area contributed by atoms with Crippen LogP contribution in [0.25, 0.3) is 0 Å². The minimum Gasteiger partial charge on any atom is -0.480 e. The number of fused-ring (bicyclic) bond motifs is 1. The number of carbonyl (C=O) groups is 1. The van der Waals surface area contributed by atoms with Crippen LogP contribution in [0.3, 0.4) is 0 Å². The summed E-state index contributed by atoms with van der Waals surface area (Å²) in [7, 11) is -1.30. The van der Waals surface area contributed by atoms with Crippen molar-refractivity contribution in [3.05, 3.63) is 29.1 Å². The van der Waals surface area contributed by atoms with Crippen molar-refractivity contribution in [3.8, 4) is 0 Å². The summed E-state index contributed by atoms with van der Waals surface area (Å²) in [5.41, 5.74) is 6.73. The highest BCUT2D eigenvalue weighted by Crippen LogP contribution is 2.26. The SMILES string of the molecule is C[C@@H](c1ccc(F)c2c1COB2O)[C@H](N)C(=O)O. The number of carboxylic acids is 1. The van der Waals surface area contributed by atoms with Gasteiger partial charge in [-0.3, -0.25) is 4.79 Å². The molecule has 1 aromatic rings. The van der Waals surface area contributed by atoms with Crippen LogP contribution in [0.2, 0.25) is 0 Å².